The van der Waals surface area contributed by atoms with Crippen molar-refractivity contribution in [3.05, 3.63) is 41.8 Å². The molecule has 2 aromatic heterocycles. The number of aryl methyl sites for hydroxylation is 1. The van der Waals surface area contributed by atoms with Gasteiger partial charge in [-0.25, -0.2) is 9.37 Å². The van der Waals surface area contributed by atoms with Crippen LogP contribution in [0.3, 0.4) is 0 Å². The summed E-state index contributed by atoms with van der Waals surface area (Å²) in [5.74, 6) is -1.04. The zero-order valence-electron chi connectivity index (χ0n) is 10.2. The molecule has 95 valence electrons. The van der Waals surface area contributed by atoms with Gasteiger partial charge in [-0.15, -0.1) is 0 Å². The minimum atomic E-state index is -0.668. The standard InChI is InChI=1S/C14H11FN3O/c1-2-11-9-4-5-12(16-14(9)18-17-11)8-3-6-13(19)10(15)7-8/h3,5-7,19H,2H2,1H3,(H,16,17,18). The Morgan fingerprint density at radius 2 is 2.26 bits per heavy atom. The summed E-state index contributed by atoms with van der Waals surface area (Å²) < 4.78 is 13.3. The molecule has 2 N–H and O–H groups in total. The van der Waals surface area contributed by atoms with E-state index in [0.29, 0.717) is 16.9 Å². The smallest absolute Gasteiger partial charge is 0.165 e. The Labute approximate surface area is 108 Å². The highest BCUT2D eigenvalue weighted by molar-refractivity contribution is 5.80. The van der Waals surface area contributed by atoms with Gasteiger partial charge in [0.15, 0.2) is 17.2 Å². The largest absolute Gasteiger partial charge is 0.505 e. The number of hydrogen-bond acceptors (Lipinski definition) is 3. The van der Waals surface area contributed by atoms with Crippen LogP contribution in [-0.2, 0) is 6.42 Å². The average Bonchev–Trinajstić information content (AvgIpc) is 2.84. The molecule has 3 rings (SSSR count). The van der Waals surface area contributed by atoms with Crippen LogP contribution in [0.15, 0.2) is 24.3 Å². The minimum absolute atomic E-state index is 0.372. The summed E-state index contributed by atoms with van der Waals surface area (Å²) in [5.41, 5.74) is 2.70. The van der Waals surface area contributed by atoms with Crippen LogP contribution in [0.2, 0.25) is 0 Å². The Morgan fingerprint density at radius 1 is 1.42 bits per heavy atom. The molecule has 0 saturated carbocycles. The maximum Gasteiger partial charge on any atom is 0.165 e. The van der Waals surface area contributed by atoms with Gasteiger partial charge in [0, 0.05) is 10.9 Å². The van der Waals surface area contributed by atoms with Gasteiger partial charge in [-0.3, -0.25) is 5.10 Å². The van der Waals surface area contributed by atoms with Crippen molar-refractivity contribution in [3.63, 3.8) is 0 Å². The average molecular weight is 256 g/mol. The molecule has 0 fully saturated rings. The molecule has 2 heterocycles. The van der Waals surface area contributed by atoms with Gasteiger partial charge in [0.05, 0.1) is 11.4 Å². The SMILES string of the molecule is CCc1n[nH]c2nc(-c3ccc(O)c(F)c3)c[c]c12. The van der Waals surface area contributed by atoms with E-state index in [0.717, 1.165) is 17.5 Å². The number of benzene rings is 1. The number of pyridine rings is 1. The van der Waals surface area contributed by atoms with Crippen LogP contribution < -0.4 is 0 Å². The summed E-state index contributed by atoms with van der Waals surface area (Å²) in [7, 11) is 0. The first-order chi connectivity index (χ1) is 9.19. The van der Waals surface area contributed by atoms with Gasteiger partial charge in [-0.2, -0.15) is 5.10 Å². The van der Waals surface area contributed by atoms with Gasteiger partial charge >= 0.3 is 0 Å². The van der Waals surface area contributed by atoms with Gasteiger partial charge in [0.2, 0.25) is 0 Å². The quantitative estimate of drug-likeness (QED) is 0.741. The molecule has 19 heavy (non-hydrogen) atoms. The van der Waals surface area contributed by atoms with Crippen molar-refractivity contribution >= 4 is 11.0 Å². The fourth-order valence-electron chi connectivity index (χ4n) is 1.96. The fraction of sp³-hybridized carbons (Fsp3) is 0.143. The molecule has 0 aliphatic heterocycles. The molecule has 0 aliphatic carbocycles. The van der Waals surface area contributed by atoms with Crippen molar-refractivity contribution in [2.75, 3.05) is 0 Å². The number of aromatic nitrogens is 3. The minimum Gasteiger partial charge on any atom is -0.505 e. The van der Waals surface area contributed by atoms with E-state index in [1.807, 2.05) is 6.92 Å². The molecule has 0 aliphatic rings. The molecule has 1 aromatic carbocycles. The Bertz CT molecular complexity index is 752. The zero-order valence-corrected chi connectivity index (χ0v) is 10.2. The predicted octanol–water partition coefficient (Wildman–Crippen LogP) is 2.83. The molecule has 0 amide bonds. The summed E-state index contributed by atoms with van der Waals surface area (Å²) in [6.45, 7) is 2.01. The molecular formula is C14H11FN3O. The lowest BCUT2D eigenvalue weighted by atomic mass is 10.1. The normalized spacial score (nSPS) is 11.1. The van der Waals surface area contributed by atoms with Gasteiger partial charge in [-0.05, 0) is 36.8 Å². The number of nitrogens with zero attached hydrogens (tertiary/aromatic N) is 2. The first kappa shape index (κ1) is 11.6. The number of aromatic amines is 1. The second kappa shape index (κ2) is 4.35. The number of phenolic OH excluding ortho intramolecular Hbond substituents is 1. The molecule has 0 atom stereocenters. The van der Waals surface area contributed by atoms with Crippen LogP contribution in [0.25, 0.3) is 22.3 Å². The molecule has 5 heteroatoms. The van der Waals surface area contributed by atoms with E-state index in [1.54, 1.807) is 12.1 Å². The first-order valence-corrected chi connectivity index (χ1v) is 5.93. The third kappa shape index (κ3) is 1.93. The molecule has 0 saturated heterocycles. The van der Waals surface area contributed by atoms with Crippen molar-refractivity contribution < 1.29 is 9.50 Å². The lowest BCUT2D eigenvalue weighted by Gasteiger charge is -2.02. The molecule has 3 aromatic rings. The summed E-state index contributed by atoms with van der Waals surface area (Å²) >= 11 is 0. The second-order valence-corrected chi connectivity index (χ2v) is 4.20. The van der Waals surface area contributed by atoms with E-state index in [9.17, 15) is 9.50 Å². The summed E-state index contributed by atoms with van der Waals surface area (Å²) in [6, 6.07) is 8.97. The van der Waals surface area contributed by atoms with Crippen LogP contribution in [0.1, 0.15) is 12.6 Å². The predicted molar refractivity (Wildman–Crippen MR) is 69.2 cm³/mol. The van der Waals surface area contributed by atoms with Crippen LogP contribution in [0.5, 0.6) is 5.75 Å². The zero-order chi connectivity index (χ0) is 13.4. The molecule has 0 bridgehead atoms. The van der Waals surface area contributed by atoms with Crippen LogP contribution in [0.4, 0.5) is 4.39 Å². The van der Waals surface area contributed by atoms with Crippen LogP contribution >= 0.6 is 0 Å². The second-order valence-electron chi connectivity index (χ2n) is 4.20. The number of halogens is 1. The number of phenols is 1. The summed E-state index contributed by atoms with van der Waals surface area (Å²) in [6.07, 6.45) is 0.797. The van der Waals surface area contributed by atoms with E-state index in [1.165, 1.54) is 12.1 Å². The Morgan fingerprint density at radius 3 is 3.00 bits per heavy atom. The highest BCUT2D eigenvalue weighted by atomic mass is 19.1. The Hall–Kier alpha value is -2.43. The van der Waals surface area contributed by atoms with E-state index >= 15 is 0 Å². The monoisotopic (exact) mass is 256 g/mol. The number of rotatable bonds is 2. The third-order valence-electron chi connectivity index (χ3n) is 2.99. The number of hydrogen-bond donors (Lipinski definition) is 2. The van der Waals surface area contributed by atoms with Crippen molar-refractivity contribution in [2.24, 2.45) is 0 Å². The van der Waals surface area contributed by atoms with E-state index in [-0.39, 0.29) is 5.75 Å². The Balaban J connectivity index is 2.12. The maximum atomic E-state index is 13.3. The van der Waals surface area contributed by atoms with Gasteiger partial charge in [0.1, 0.15) is 0 Å². The lowest BCUT2D eigenvalue weighted by molar-refractivity contribution is 0.432. The molecular weight excluding hydrogens is 245 g/mol. The van der Waals surface area contributed by atoms with Crippen LogP contribution in [0, 0.1) is 11.9 Å². The highest BCUT2D eigenvalue weighted by Crippen LogP contribution is 2.25. The van der Waals surface area contributed by atoms with Gasteiger partial charge in [0.25, 0.3) is 0 Å². The van der Waals surface area contributed by atoms with Crippen molar-refractivity contribution in [2.45, 2.75) is 13.3 Å². The van der Waals surface area contributed by atoms with Gasteiger partial charge in [-0.1, -0.05) is 6.92 Å². The maximum absolute atomic E-state index is 13.3. The van der Waals surface area contributed by atoms with Crippen molar-refractivity contribution in [1.82, 2.24) is 15.2 Å². The lowest BCUT2D eigenvalue weighted by Crippen LogP contribution is -1.87. The van der Waals surface area contributed by atoms with E-state index < -0.39 is 5.82 Å². The van der Waals surface area contributed by atoms with Crippen molar-refractivity contribution in [1.29, 1.82) is 0 Å². The van der Waals surface area contributed by atoms with E-state index in [2.05, 4.69) is 21.2 Å². The van der Waals surface area contributed by atoms with Gasteiger partial charge < -0.3 is 5.11 Å². The molecule has 0 unspecified atom stereocenters. The number of H-pyrrole nitrogens is 1. The number of aromatic hydroxyl groups is 1. The summed E-state index contributed by atoms with van der Waals surface area (Å²) in [5, 5.41) is 17.0. The van der Waals surface area contributed by atoms with Crippen LogP contribution in [-0.4, -0.2) is 20.3 Å². The third-order valence-corrected chi connectivity index (χ3v) is 2.99. The number of nitrogens with one attached hydrogen (secondary N) is 1. The Kier molecular flexibility index (Phi) is 2.67. The fourth-order valence-corrected chi connectivity index (χ4v) is 1.96. The molecule has 4 nitrogen and oxygen atoms in total. The first-order valence-electron chi connectivity index (χ1n) is 5.93. The highest BCUT2D eigenvalue weighted by Gasteiger charge is 2.09. The van der Waals surface area contributed by atoms with Crippen molar-refractivity contribution in [3.8, 4) is 17.0 Å². The topological polar surface area (TPSA) is 61.8 Å². The van der Waals surface area contributed by atoms with E-state index in [4.69, 9.17) is 0 Å². The molecule has 1 radical (unpaired) electrons. The molecule has 0 spiro atoms. The summed E-state index contributed by atoms with van der Waals surface area (Å²) in [4.78, 5) is 4.39. The number of fused-ring (bicyclic) bond motifs is 1.